The van der Waals surface area contributed by atoms with E-state index in [4.69, 9.17) is 4.74 Å². The van der Waals surface area contributed by atoms with Gasteiger partial charge in [0.05, 0.1) is 12.7 Å². The maximum atomic E-state index is 6.05. The molecule has 0 aromatic carbocycles. The van der Waals surface area contributed by atoms with Crippen LogP contribution in [-0.4, -0.2) is 25.8 Å². The highest BCUT2D eigenvalue weighted by Crippen LogP contribution is 2.39. The summed E-state index contributed by atoms with van der Waals surface area (Å²) in [5.74, 6) is 0.816. The first-order valence-corrected chi connectivity index (χ1v) is 8.36. The Morgan fingerprint density at radius 3 is 2.58 bits per heavy atom. The SMILES string of the molecule is CCCCCCNCCOC1CC(C)CC(C)(C)C1. The molecule has 0 amide bonds. The van der Waals surface area contributed by atoms with Crippen LogP contribution in [0.4, 0.5) is 0 Å². The fourth-order valence-corrected chi connectivity index (χ4v) is 3.48. The van der Waals surface area contributed by atoms with E-state index in [2.05, 4.69) is 33.0 Å². The van der Waals surface area contributed by atoms with Crippen LogP contribution in [0.2, 0.25) is 0 Å². The van der Waals surface area contributed by atoms with Crippen LogP contribution in [0.1, 0.15) is 72.6 Å². The second-order valence-corrected chi connectivity index (χ2v) is 7.22. The molecule has 0 bridgehead atoms. The van der Waals surface area contributed by atoms with E-state index < -0.39 is 0 Å². The summed E-state index contributed by atoms with van der Waals surface area (Å²) < 4.78 is 6.05. The monoisotopic (exact) mass is 269 g/mol. The van der Waals surface area contributed by atoms with E-state index in [0.717, 1.165) is 25.6 Å². The molecule has 2 unspecified atom stereocenters. The molecule has 1 N–H and O–H groups in total. The Hall–Kier alpha value is -0.0800. The standard InChI is InChI=1S/C17H35NO/c1-5-6-7-8-9-18-10-11-19-16-12-15(2)13-17(3,4)14-16/h15-16,18H,5-14H2,1-4H3. The van der Waals surface area contributed by atoms with E-state index in [1.165, 1.54) is 44.9 Å². The van der Waals surface area contributed by atoms with Gasteiger partial charge in [-0.3, -0.25) is 0 Å². The smallest absolute Gasteiger partial charge is 0.0594 e. The van der Waals surface area contributed by atoms with Gasteiger partial charge in [-0.2, -0.15) is 0 Å². The lowest BCUT2D eigenvalue weighted by molar-refractivity contribution is -0.0212. The van der Waals surface area contributed by atoms with E-state index in [1.54, 1.807) is 0 Å². The second-order valence-electron chi connectivity index (χ2n) is 7.22. The molecule has 0 saturated heterocycles. The summed E-state index contributed by atoms with van der Waals surface area (Å²) in [7, 11) is 0. The van der Waals surface area contributed by atoms with Crippen molar-refractivity contribution < 1.29 is 4.74 Å². The van der Waals surface area contributed by atoms with Crippen LogP contribution >= 0.6 is 0 Å². The summed E-state index contributed by atoms with van der Waals surface area (Å²) in [6.07, 6.45) is 9.67. The molecule has 0 aliphatic heterocycles. The Morgan fingerprint density at radius 2 is 1.89 bits per heavy atom. The minimum atomic E-state index is 0.468. The average Bonchev–Trinajstić information content (AvgIpc) is 2.30. The zero-order chi connectivity index (χ0) is 14.1. The molecule has 1 aliphatic rings. The van der Waals surface area contributed by atoms with Crippen molar-refractivity contribution in [2.75, 3.05) is 19.7 Å². The van der Waals surface area contributed by atoms with Gasteiger partial charge in [-0.25, -0.2) is 0 Å². The molecular formula is C17H35NO. The number of rotatable bonds is 9. The van der Waals surface area contributed by atoms with Gasteiger partial charge in [-0.1, -0.05) is 47.0 Å². The highest BCUT2D eigenvalue weighted by Gasteiger charge is 2.32. The molecule has 19 heavy (non-hydrogen) atoms. The molecule has 2 heteroatoms. The number of hydrogen-bond donors (Lipinski definition) is 1. The third kappa shape index (κ3) is 7.94. The minimum absolute atomic E-state index is 0.468. The highest BCUT2D eigenvalue weighted by atomic mass is 16.5. The normalized spacial score (nSPS) is 26.5. The lowest BCUT2D eigenvalue weighted by atomic mass is 9.71. The topological polar surface area (TPSA) is 21.3 Å². The molecule has 0 heterocycles. The van der Waals surface area contributed by atoms with Crippen molar-refractivity contribution in [2.45, 2.75) is 78.7 Å². The van der Waals surface area contributed by atoms with E-state index in [-0.39, 0.29) is 0 Å². The van der Waals surface area contributed by atoms with Gasteiger partial charge < -0.3 is 10.1 Å². The fraction of sp³-hybridized carbons (Fsp3) is 1.00. The van der Waals surface area contributed by atoms with Crippen LogP contribution < -0.4 is 5.32 Å². The first-order valence-electron chi connectivity index (χ1n) is 8.36. The Bertz CT molecular complexity index is 227. The molecule has 1 saturated carbocycles. The maximum absolute atomic E-state index is 6.05. The quantitative estimate of drug-likeness (QED) is 0.627. The van der Waals surface area contributed by atoms with Crippen LogP contribution in [0.25, 0.3) is 0 Å². The molecule has 1 aliphatic carbocycles. The third-order valence-electron chi connectivity index (χ3n) is 4.19. The average molecular weight is 269 g/mol. The van der Waals surface area contributed by atoms with Gasteiger partial charge in [-0.15, -0.1) is 0 Å². The largest absolute Gasteiger partial charge is 0.377 e. The van der Waals surface area contributed by atoms with Crippen molar-refractivity contribution in [3.63, 3.8) is 0 Å². The maximum Gasteiger partial charge on any atom is 0.0594 e. The fourth-order valence-electron chi connectivity index (χ4n) is 3.48. The molecular weight excluding hydrogens is 234 g/mol. The van der Waals surface area contributed by atoms with Crippen LogP contribution in [0.15, 0.2) is 0 Å². The first kappa shape index (κ1) is 17.0. The molecule has 1 rings (SSSR count). The van der Waals surface area contributed by atoms with Gasteiger partial charge in [0.15, 0.2) is 0 Å². The Kier molecular flexibility index (Phi) is 8.01. The summed E-state index contributed by atoms with van der Waals surface area (Å²) in [4.78, 5) is 0. The molecule has 0 aromatic heterocycles. The van der Waals surface area contributed by atoms with Crippen LogP contribution in [0.3, 0.4) is 0 Å². The first-order chi connectivity index (χ1) is 9.03. The zero-order valence-electron chi connectivity index (χ0n) is 13.6. The zero-order valence-corrected chi connectivity index (χ0v) is 13.6. The molecule has 114 valence electrons. The van der Waals surface area contributed by atoms with E-state index >= 15 is 0 Å². The van der Waals surface area contributed by atoms with Gasteiger partial charge in [0, 0.05) is 6.54 Å². The van der Waals surface area contributed by atoms with Crippen molar-refractivity contribution in [3.8, 4) is 0 Å². The number of ether oxygens (including phenoxy) is 1. The predicted octanol–water partition coefficient (Wildman–Crippen LogP) is 4.39. The number of unbranched alkanes of at least 4 members (excludes halogenated alkanes) is 3. The molecule has 2 nitrogen and oxygen atoms in total. The minimum Gasteiger partial charge on any atom is -0.377 e. The van der Waals surface area contributed by atoms with E-state index in [9.17, 15) is 0 Å². The van der Waals surface area contributed by atoms with Gasteiger partial charge in [-0.05, 0) is 43.6 Å². The summed E-state index contributed by atoms with van der Waals surface area (Å²) >= 11 is 0. The summed E-state index contributed by atoms with van der Waals surface area (Å²) in [6, 6.07) is 0. The number of hydrogen-bond acceptors (Lipinski definition) is 2. The summed E-state index contributed by atoms with van der Waals surface area (Å²) in [5.41, 5.74) is 0.468. The molecule has 0 aromatic rings. The Balaban J connectivity index is 2.00. The molecule has 0 radical (unpaired) electrons. The Morgan fingerprint density at radius 1 is 1.11 bits per heavy atom. The summed E-state index contributed by atoms with van der Waals surface area (Å²) in [6.45, 7) is 12.4. The number of nitrogens with one attached hydrogen (secondary N) is 1. The second kappa shape index (κ2) is 8.97. The van der Waals surface area contributed by atoms with Gasteiger partial charge in [0.1, 0.15) is 0 Å². The lowest BCUT2D eigenvalue weighted by Gasteiger charge is -2.38. The molecule has 1 fully saturated rings. The Labute approximate surface area is 120 Å². The predicted molar refractivity (Wildman–Crippen MR) is 83.5 cm³/mol. The molecule has 0 spiro atoms. The third-order valence-corrected chi connectivity index (χ3v) is 4.19. The van der Waals surface area contributed by atoms with Gasteiger partial charge >= 0.3 is 0 Å². The lowest BCUT2D eigenvalue weighted by Crippen LogP contribution is -2.34. The van der Waals surface area contributed by atoms with Crippen molar-refractivity contribution in [2.24, 2.45) is 11.3 Å². The van der Waals surface area contributed by atoms with Crippen molar-refractivity contribution in [1.29, 1.82) is 0 Å². The highest BCUT2D eigenvalue weighted by molar-refractivity contribution is 4.83. The van der Waals surface area contributed by atoms with Crippen molar-refractivity contribution in [1.82, 2.24) is 5.32 Å². The van der Waals surface area contributed by atoms with Crippen molar-refractivity contribution in [3.05, 3.63) is 0 Å². The van der Waals surface area contributed by atoms with Crippen LogP contribution in [-0.2, 0) is 4.74 Å². The summed E-state index contributed by atoms with van der Waals surface area (Å²) in [5, 5.41) is 3.49. The van der Waals surface area contributed by atoms with Crippen molar-refractivity contribution >= 4 is 0 Å². The van der Waals surface area contributed by atoms with Gasteiger partial charge in [0.2, 0.25) is 0 Å². The van der Waals surface area contributed by atoms with Gasteiger partial charge in [0.25, 0.3) is 0 Å². The van der Waals surface area contributed by atoms with Crippen LogP contribution in [0.5, 0.6) is 0 Å². The molecule has 2 atom stereocenters. The van der Waals surface area contributed by atoms with E-state index in [1.807, 2.05) is 0 Å². The van der Waals surface area contributed by atoms with E-state index in [0.29, 0.717) is 11.5 Å². The van der Waals surface area contributed by atoms with Crippen LogP contribution in [0, 0.1) is 11.3 Å².